The molecule has 0 aliphatic rings. The summed E-state index contributed by atoms with van der Waals surface area (Å²) in [6.07, 6.45) is 1.30. The number of nitrogens with zero attached hydrogens (tertiary/aromatic N) is 1. The third-order valence-electron chi connectivity index (χ3n) is 4.56. The lowest BCUT2D eigenvalue weighted by molar-refractivity contribution is -0.139. The van der Waals surface area contributed by atoms with E-state index in [9.17, 15) is 19.2 Å². The Morgan fingerprint density at radius 3 is 2.26 bits per heavy atom. The molecule has 35 heavy (non-hydrogen) atoms. The first kappa shape index (κ1) is 24.6. The Kier molecular flexibility index (Phi) is 8.28. The third kappa shape index (κ3) is 7.53. The Labute approximate surface area is 200 Å². The van der Waals surface area contributed by atoms with Gasteiger partial charge in [-0.1, -0.05) is 29.8 Å². The molecule has 0 atom stereocenters. The number of amides is 3. The van der Waals surface area contributed by atoms with Crippen molar-refractivity contribution < 1.29 is 29.0 Å². The number of hydrazone groups is 1. The zero-order chi connectivity index (χ0) is 25.2. The van der Waals surface area contributed by atoms with Gasteiger partial charge in [-0.15, -0.1) is 0 Å². The molecule has 0 aliphatic carbocycles. The number of benzene rings is 3. The number of carbonyl (C=O) groups excluding carboxylic acids is 3. The van der Waals surface area contributed by atoms with Crippen molar-refractivity contribution in [3.8, 4) is 5.75 Å². The number of carboxylic acids is 1. The largest absolute Gasteiger partial charge is 0.482 e. The number of aliphatic carboxylic acids is 1. The molecule has 0 unspecified atom stereocenters. The second-order valence-electron chi connectivity index (χ2n) is 7.27. The third-order valence-corrected chi connectivity index (χ3v) is 4.56. The highest BCUT2D eigenvalue weighted by molar-refractivity contribution is 6.40. The zero-order valence-corrected chi connectivity index (χ0v) is 18.6. The van der Waals surface area contributed by atoms with Crippen molar-refractivity contribution in [1.82, 2.24) is 5.43 Å². The first-order valence-corrected chi connectivity index (χ1v) is 10.4. The quantitative estimate of drug-likeness (QED) is 0.224. The predicted octanol–water partition coefficient (Wildman–Crippen LogP) is 2.80. The molecule has 0 spiro atoms. The van der Waals surface area contributed by atoms with Crippen LogP contribution in [0.25, 0.3) is 0 Å². The average molecular weight is 474 g/mol. The van der Waals surface area contributed by atoms with Crippen molar-refractivity contribution in [2.45, 2.75) is 6.92 Å². The number of anilines is 2. The van der Waals surface area contributed by atoms with Gasteiger partial charge in [0.05, 0.1) is 17.5 Å². The minimum Gasteiger partial charge on any atom is -0.482 e. The summed E-state index contributed by atoms with van der Waals surface area (Å²) in [5.41, 5.74) is 4.67. The van der Waals surface area contributed by atoms with Crippen molar-refractivity contribution in [2.75, 3.05) is 17.2 Å². The lowest BCUT2D eigenvalue weighted by Crippen LogP contribution is -2.33. The Morgan fingerprint density at radius 2 is 1.57 bits per heavy atom. The van der Waals surface area contributed by atoms with Crippen LogP contribution in [0.3, 0.4) is 0 Å². The minimum absolute atomic E-state index is 0.165. The van der Waals surface area contributed by atoms with Gasteiger partial charge in [0.15, 0.2) is 6.61 Å². The number of para-hydroxylation sites is 1. The van der Waals surface area contributed by atoms with E-state index < -0.39 is 30.3 Å². The molecule has 0 aromatic heterocycles. The molecule has 0 aliphatic heterocycles. The number of ether oxygens (including phenoxy) is 1. The lowest BCUT2D eigenvalue weighted by Gasteiger charge is -2.11. The van der Waals surface area contributed by atoms with Crippen LogP contribution in [0.1, 0.15) is 21.5 Å². The summed E-state index contributed by atoms with van der Waals surface area (Å²) < 4.78 is 5.02. The van der Waals surface area contributed by atoms with E-state index in [1.165, 1.54) is 30.5 Å². The first-order valence-electron chi connectivity index (χ1n) is 10.4. The molecule has 3 aromatic rings. The Balaban J connectivity index is 1.56. The fourth-order valence-electron chi connectivity index (χ4n) is 2.82. The molecule has 0 fully saturated rings. The molecule has 0 heterocycles. The number of rotatable bonds is 8. The van der Waals surface area contributed by atoms with Crippen LogP contribution >= 0.6 is 0 Å². The van der Waals surface area contributed by atoms with Crippen LogP contribution in [-0.2, 0) is 14.4 Å². The SMILES string of the molecule is Cc1ccc(NC(=O)c2ccccc2NC(=O)C(=O)NN=Cc2ccc(OCC(=O)O)cc2)cc1. The lowest BCUT2D eigenvalue weighted by atomic mass is 10.1. The van der Waals surface area contributed by atoms with Gasteiger partial charge in [0.25, 0.3) is 5.91 Å². The van der Waals surface area contributed by atoms with Gasteiger partial charge < -0.3 is 20.5 Å². The smallest absolute Gasteiger partial charge is 0.341 e. The summed E-state index contributed by atoms with van der Waals surface area (Å²) >= 11 is 0. The Bertz CT molecular complexity index is 1250. The maximum Gasteiger partial charge on any atom is 0.341 e. The Morgan fingerprint density at radius 1 is 0.886 bits per heavy atom. The Hall–Kier alpha value is -4.99. The van der Waals surface area contributed by atoms with Crippen molar-refractivity contribution in [2.24, 2.45) is 5.10 Å². The van der Waals surface area contributed by atoms with Gasteiger partial charge in [-0.2, -0.15) is 5.10 Å². The van der Waals surface area contributed by atoms with Gasteiger partial charge in [0.2, 0.25) is 0 Å². The summed E-state index contributed by atoms with van der Waals surface area (Å²) in [6, 6.07) is 19.8. The van der Waals surface area contributed by atoms with Crippen molar-refractivity contribution in [3.63, 3.8) is 0 Å². The second kappa shape index (κ2) is 11.8. The van der Waals surface area contributed by atoms with E-state index in [2.05, 4.69) is 21.2 Å². The molecule has 0 bridgehead atoms. The predicted molar refractivity (Wildman–Crippen MR) is 130 cm³/mol. The van der Waals surface area contributed by atoms with Gasteiger partial charge >= 0.3 is 17.8 Å². The maximum atomic E-state index is 12.7. The van der Waals surface area contributed by atoms with E-state index in [0.29, 0.717) is 17.0 Å². The molecule has 0 radical (unpaired) electrons. The van der Waals surface area contributed by atoms with E-state index in [4.69, 9.17) is 9.84 Å². The standard InChI is InChI=1S/C25H22N4O6/c1-16-6-10-18(11-7-16)27-23(32)20-4-2-3-5-21(20)28-24(33)25(34)29-26-14-17-8-12-19(13-9-17)35-15-22(30)31/h2-14H,15H2,1H3,(H,27,32)(H,28,33)(H,29,34)(H,30,31). The molecule has 10 heteroatoms. The molecule has 3 amide bonds. The fourth-order valence-corrected chi connectivity index (χ4v) is 2.82. The van der Waals surface area contributed by atoms with E-state index >= 15 is 0 Å². The summed E-state index contributed by atoms with van der Waals surface area (Å²) in [5.74, 6) is -3.21. The minimum atomic E-state index is -1.09. The monoisotopic (exact) mass is 474 g/mol. The number of hydrogen-bond donors (Lipinski definition) is 4. The number of aryl methyl sites for hydroxylation is 1. The van der Waals surface area contributed by atoms with Gasteiger partial charge in [0.1, 0.15) is 5.75 Å². The van der Waals surface area contributed by atoms with Crippen LogP contribution in [0, 0.1) is 6.92 Å². The summed E-state index contributed by atoms with van der Waals surface area (Å²) in [6.45, 7) is 1.47. The topological polar surface area (TPSA) is 146 Å². The second-order valence-corrected chi connectivity index (χ2v) is 7.27. The molecule has 3 aromatic carbocycles. The molecule has 0 saturated heterocycles. The van der Waals surface area contributed by atoms with E-state index in [1.54, 1.807) is 36.4 Å². The van der Waals surface area contributed by atoms with Crippen LogP contribution < -0.4 is 20.8 Å². The number of hydrogen-bond acceptors (Lipinski definition) is 6. The van der Waals surface area contributed by atoms with E-state index in [0.717, 1.165) is 5.56 Å². The summed E-state index contributed by atoms with van der Waals surface area (Å²) in [5, 5.41) is 17.5. The van der Waals surface area contributed by atoms with Crippen LogP contribution in [0.5, 0.6) is 5.75 Å². The highest BCUT2D eigenvalue weighted by Gasteiger charge is 2.17. The summed E-state index contributed by atoms with van der Waals surface area (Å²) in [4.78, 5) is 47.6. The highest BCUT2D eigenvalue weighted by Crippen LogP contribution is 2.18. The molecule has 10 nitrogen and oxygen atoms in total. The van der Waals surface area contributed by atoms with Gasteiger partial charge in [-0.25, -0.2) is 10.2 Å². The van der Waals surface area contributed by atoms with Crippen molar-refractivity contribution in [1.29, 1.82) is 0 Å². The molecule has 0 saturated carbocycles. The zero-order valence-electron chi connectivity index (χ0n) is 18.6. The van der Waals surface area contributed by atoms with Crippen LogP contribution in [0.2, 0.25) is 0 Å². The van der Waals surface area contributed by atoms with Crippen LogP contribution in [0.15, 0.2) is 77.9 Å². The van der Waals surface area contributed by atoms with Crippen molar-refractivity contribution in [3.05, 3.63) is 89.5 Å². The molecular formula is C25H22N4O6. The molecule has 4 N–H and O–H groups in total. The first-order chi connectivity index (χ1) is 16.8. The van der Waals surface area contributed by atoms with Gasteiger partial charge in [0, 0.05) is 5.69 Å². The van der Waals surface area contributed by atoms with Crippen LogP contribution in [-0.4, -0.2) is 41.6 Å². The number of carbonyl (C=O) groups is 4. The van der Waals surface area contributed by atoms with E-state index in [-0.39, 0.29) is 11.3 Å². The van der Waals surface area contributed by atoms with Gasteiger partial charge in [-0.05, 0) is 61.0 Å². The van der Waals surface area contributed by atoms with Crippen LogP contribution in [0.4, 0.5) is 11.4 Å². The normalized spacial score (nSPS) is 10.4. The van der Waals surface area contributed by atoms with Gasteiger partial charge in [-0.3, -0.25) is 14.4 Å². The molecule has 178 valence electrons. The highest BCUT2D eigenvalue weighted by atomic mass is 16.5. The fraction of sp³-hybridized carbons (Fsp3) is 0.0800. The van der Waals surface area contributed by atoms with Crippen molar-refractivity contribution >= 4 is 41.3 Å². The number of nitrogens with one attached hydrogen (secondary N) is 3. The summed E-state index contributed by atoms with van der Waals surface area (Å²) in [7, 11) is 0. The molecular weight excluding hydrogens is 452 g/mol. The maximum absolute atomic E-state index is 12.7. The number of carboxylic acid groups (broad SMARTS) is 1. The average Bonchev–Trinajstić information content (AvgIpc) is 2.85. The molecule has 3 rings (SSSR count). The van der Waals surface area contributed by atoms with E-state index in [1.807, 2.05) is 19.1 Å².